The SMILES string of the molecule is CC(=O)Nc1ccc(Nc2ncnc(Nc3ccccc3F)c2[N+](=O)[O-])cc1. The third kappa shape index (κ3) is 4.36. The molecule has 3 N–H and O–H groups in total. The second kappa shape index (κ2) is 8.08. The quantitative estimate of drug-likeness (QED) is 0.435. The average Bonchev–Trinajstić information content (AvgIpc) is 2.65. The lowest BCUT2D eigenvalue weighted by Gasteiger charge is -2.11. The van der Waals surface area contributed by atoms with Crippen LogP contribution in [0.5, 0.6) is 0 Å². The molecule has 3 aromatic rings. The summed E-state index contributed by atoms with van der Waals surface area (Å²) in [4.78, 5) is 29.8. The summed E-state index contributed by atoms with van der Waals surface area (Å²) in [5.74, 6) is -0.997. The Morgan fingerprint density at radius 3 is 2.21 bits per heavy atom. The first-order valence-corrected chi connectivity index (χ1v) is 8.09. The van der Waals surface area contributed by atoms with Gasteiger partial charge in [0.05, 0.1) is 10.6 Å². The molecule has 142 valence electrons. The van der Waals surface area contributed by atoms with Crippen molar-refractivity contribution < 1.29 is 14.1 Å². The number of amides is 1. The lowest BCUT2D eigenvalue weighted by molar-refractivity contribution is -0.383. The summed E-state index contributed by atoms with van der Waals surface area (Å²) in [6.45, 7) is 1.39. The van der Waals surface area contributed by atoms with Gasteiger partial charge in [0.1, 0.15) is 12.1 Å². The number of hydrogen-bond acceptors (Lipinski definition) is 7. The fourth-order valence-electron chi connectivity index (χ4n) is 2.40. The topological polar surface area (TPSA) is 122 Å². The van der Waals surface area contributed by atoms with Gasteiger partial charge in [0.25, 0.3) is 0 Å². The van der Waals surface area contributed by atoms with E-state index < -0.39 is 16.4 Å². The Kier molecular flexibility index (Phi) is 5.40. The molecule has 1 aromatic heterocycles. The number of nitro groups is 1. The number of halogens is 1. The van der Waals surface area contributed by atoms with E-state index in [1.165, 1.54) is 25.1 Å². The minimum atomic E-state index is -0.656. The van der Waals surface area contributed by atoms with Gasteiger partial charge >= 0.3 is 5.69 Å². The van der Waals surface area contributed by atoms with Crippen LogP contribution in [0, 0.1) is 15.9 Å². The molecule has 0 fully saturated rings. The van der Waals surface area contributed by atoms with Crippen molar-refractivity contribution in [2.45, 2.75) is 6.92 Å². The molecule has 0 atom stereocenters. The minimum absolute atomic E-state index is 0.0508. The number of aromatic nitrogens is 2. The molecule has 0 aliphatic heterocycles. The van der Waals surface area contributed by atoms with Crippen molar-refractivity contribution in [3.05, 3.63) is 70.8 Å². The summed E-state index contributed by atoms with van der Waals surface area (Å²) in [7, 11) is 0. The Labute approximate surface area is 158 Å². The zero-order valence-corrected chi connectivity index (χ0v) is 14.6. The van der Waals surface area contributed by atoms with Crippen molar-refractivity contribution in [1.29, 1.82) is 0 Å². The summed E-state index contributed by atoms with van der Waals surface area (Å²) in [6.07, 6.45) is 1.13. The Morgan fingerprint density at radius 1 is 1.00 bits per heavy atom. The molecular formula is C18H15FN6O3. The van der Waals surface area contributed by atoms with Gasteiger partial charge in [-0.1, -0.05) is 12.1 Å². The maximum atomic E-state index is 13.9. The molecule has 9 nitrogen and oxygen atoms in total. The zero-order valence-electron chi connectivity index (χ0n) is 14.6. The normalized spacial score (nSPS) is 10.2. The van der Waals surface area contributed by atoms with Crippen LogP contribution in [0.4, 0.5) is 38.8 Å². The number of carbonyl (C=O) groups is 1. The monoisotopic (exact) mass is 382 g/mol. The second-order valence-electron chi connectivity index (χ2n) is 5.66. The average molecular weight is 382 g/mol. The second-order valence-corrected chi connectivity index (χ2v) is 5.66. The molecule has 0 unspecified atom stereocenters. The minimum Gasteiger partial charge on any atom is -0.334 e. The summed E-state index contributed by atoms with van der Waals surface area (Å²) in [5.41, 5.74) is 0.705. The van der Waals surface area contributed by atoms with E-state index in [-0.39, 0.29) is 23.2 Å². The van der Waals surface area contributed by atoms with Crippen molar-refractivity contribution >= 4 is 40.3 Å². The van der Waals surface area contributed by atoms with Gasteiger partial charge in [-0.05, 0) is 36.4 Å². The number of para-hydroxylation sites is 1. The number of nitrogens with one attached hydrogen (secondary N) is 3. The van der Waals surface area contributed by atoms with Gasteiger partial charge in [-0.15, -0.1) is 0 Å². The van der Waals surface area contributed by atoms with Gasteiger partial charge in [-0.25, -0.2) is 14.4 Å². The molecule has 0 spiro atoms. The highest BCUT2D eigenvalue weighted by atomic mass is 19.1. The van der Waals surface area contributed by atoms with E-state index >= 15 is 0 Å². The number of hydrogen-bond donors (Lipinski definition) is 3. The molecule has 0 radical (unpaired) electrons. The van der Waals surface area contributed by atoms with Gasteiger partial charge in [-0.3, -0.25) is 14.9 Å². The highest BCUT2D eigenvalue weighted by Gasteiger charge is 2.24. The summed E-state index contributed by atoms with van der Waals surface area (Å²) in [5, 5.41) is 19.7. The Hall–Kier alpha value is -4.08. The van der Waals surface area contributed by atoms with Crippen LogP contribution < -0.4 is 16.0 Å². The molecule has 1 amide bonds. The van der Waals surface area contributed by atoms with Gasteiger partial charge in [-0.2, -0.15) is 0 Å². The predicted octanol–water partition coefficient (Wildman–Crippen LogP) is 3.97. The van der Waals surface area contributed by atoms with E-state index in [4.69, 9.17) is 0 Å². The van der Waals surface area contributed by atoms with Crippen molar-refractivity contribution in [1.82, 2.24) is 9.97 Å². The van der Waals surface area contributed by atoms with Gasteiger partial charge in [0.2, 0.25) is 17.5 Å². The molecule has 28 heavy (non-hydrogen) atoms. The molecule has 0 aliphatic carbocycles. The van der Waals surface area contributed by atoms with Crippen molar-refractivity contribution in [2.75, 3.05) is 16.0 Å². The van der Waals surface area contributed by atoms with Crippen molar-refractivity contribution in [3.63, 3.8) is 0 Å². The summed E-state index contributed by atoms with van der Waals surface area (Å²) in [6, 6.07) is 12.3. The molecule has 0 aliphatic rings. The zero-order chi connectivity index (χ0) is 20.1. The van der Waals surface area contributed by atoms with Crippen LogP contribution in [0.1, 0.15) is 6.92 Å². The number of carbonyl (C=O) groups excluding carboxylic acids is 1. The number of rotatable bonds is 6. The van der Waals surface area contributed by atoms with Crippen LogP contribution in [-0.2, 0) is 4.79 Å². The van der Waals surface area contributed by atoms with Crippen LogP contribution in [-0.4, -0.2) is 20.8 Å². The van der Waals surface area contributed by atoms with Crippen molar-refractivity contribution in [3.8, 4) is 0 Å². The molecule has 2 aromatic carbocycles. The van der Waals surface area contributed by atoms with E-state index in [2.05, 4.69) is 25.9 Å². The predicted molar refractivity (Wildman–Crippen MR) is 102 cm³/mol. The summed E-state index contributed by atoms with van der Waals surface area (Å²) < 4.78 is 13.9. The Morgan fingerprint density at radius 2 is 1.61 bits per heavy atom. The molecule has 0 saturated carbocycles. The largest absolute Gasteiger partial charge is 0.353 e. The van der Waals surface area contributed by atoms with Gasteiger partial charge in [0.15, 0.2) is 0 Å². The number of nitrogens with zero attached hydrogens (tertiary/aromatic N) is 3. The molecular weight excluding hydrogens is 367 g/mol. The van der Waals surface area contributed by atoms with Gasteiger partial charge in [0, 0.05) is 18.3 Å². The third-order valence-corrected chi connectivity index (χ3v) is 3.60. The number of anilines is 5. The van der Waals surface area contributed by atoms with E-state index in [0.29, 0.717) is 11.4 Å². The van der Waals surface area contributed by atoms with E-state index in [9.17, 15) is 19.3 Å². The Balaban J connectivity index is 1.90. The van der Waals surface area contributed by atoms with Crippen LogP contribution in [0.15, 0.2) is 54.9 Å². The maximum absolute atomic E-state index is 13.9. The van der Waals surface area contributed by atoms with Gasteiger partial charge < -0.3 is 16.0 Å². The van der Waals surface area contributed by atoms with Crippen LogP contribution in [0.3, 0.4) is 0 Å². The highest BCUT2D eigenvalue weighted by Crippen LogP contribution is 2.33. The molecule has 0 saturated heterocycles. The highest BCUT2D eigenvalue weighted by molar-refractivity contribution is 5.89. The first-order chi connectivity index (χ1) is 13.4. The standard InChI is InChI=1S/C18H15FN6O3/c1-11(26)22-12-6-8-13(9-7-12)23-17-16(25(27)28)18(21-10-20-17)24-15-5-3-2-4-14(15)19/h2-10H,1H3,(H,22,26)(H2,20,21,23,24). The van der Waals surface area contributed by atoms with E-state index in [1.807, 2.05) is 0 Å². The first-order valence-electron chi connectivity index (χ1n) is 8.09. The number of benzene rings is 2. The molecule has 10 heteroatoms. The van der Waals surface area contributed by atoms with Crippen LogP contribution >= 0.6 is 0 Å². The molecule has 3 rings (SSSR count). The summed E-state index contributed by atoms with van der Waals surface area (Å²) >= 11 is 0. The fraction of sp³-hybridized carbons (Fsp3) is 0.0556. The lowest BCUT2D eigenvalue weighted by Crippen LogP contribution is -2.07. The van der Waals surface area contributed by atoms with Crippen LogP contribution in [0.2, 0.25) is 0 Å². The fourth-order valence-corrected chi connectivity index (χ4v) is 2.40. The lowest BCUT2D eigenvalue weighted by atomic mass is 10.2. The first kappa shape index (κ1) is 18.7. The van der Waals surface area contributed by atoms with Crippen LogP contribution in [0.25, 0.3) is 0 Å². The molecule has 1 heterocycles. The van der Waals surface area contributed by atoms with E-state index in [0.717, 1.165) is 6.33 Å². The molecule has 0 bridgehead atoms. The third-order valence-electron chi connectivity index (χ3n) is 3.60. The smallest absolute Gasteiger partial charge is 0.334 e. The van der Waals surface area contributed by atoms with Crippen molar-refractivity contribution in [2.24, 2.45) is 0 Å². The Bertz CT molecular complexity index is 1030. The maximum Gasteiger partial charge on any atom is 0.353 e. The van der Waals surface area contributed by atoms with E-state index in [1.54, 1.807) is 30.3 Å².